The monoisotopic (exact) mass is 377 g/mol. The minimum atomic E-state index is -0.831. The molecule has 1 aliphatic heterocycles. The van der Waals surface area contributed by atoms with Gasteiger partial charge in [0.05, 0.1) is 30.9 Å². The third-order valence-electron chi connectivity index (χ3n) is 3.82. The second-order valence-corrected chi connectivity index (χ2v) is 6.39. The molecule has 0 spiro atoms. The Kier molecular flexibility index (Phi) is 4.47. The highest BCUT2D eigenvalue weighted by molar-refractivity contribution is 9.10. The quantitative estimate of drug-likeness (QED) is 0.886. The maximum absolute atomic E-state index is 12.5. The molecule has 0 unspecified atom stereocenters. The zero-order valence-corrected chi connectivity index (χ0v) is 14.0. The van der Waals surface area contributed by atoms with Crippen LogP contribution in [0.25, 0.3) is 0 Å². The average molecular weight is 378 g/mol. The molecule has 6 nitrogen and oxygen atoms in total. The Morgan fingerprint density at radius 3 is 2.65 bits per heavy atom. The van der Waals surface area contributed by atoms with Gasteiger partial charge in [-0.2, -0.15) is 5.10 Å². The van der Waals surface area contributed by atoms with E-state index >= 15 is 0 Å². The van der Waals surface area contributed by atoms with Gasteiger partial charge in [-0.3, -0.25) is 14.3 Å². The number of carbonyl (C=O) groups is 2. The van der Waals surface area contributed by atoms with Crippen LogP contribution in [-0.4, -0.2) is 38.2 Å². The van der Waals surface area contributed by atoms with Crippen molar-refractivity contribution in [3.05, 3.63) is 51.8 Å². The molecule has 0 aliphatic carbocycles. The number of carboxylic acid groups (broad SMARTS) is 1. The summed E-state index contributed by atoms with van der Waals surface area (Å²) in [6.07, 6.45) is 0.480. The molecule has 1 amide bonds. The molecule has 1 aliphatic rings. The molecule has 23 heavy (non-hydrogen) atoms. The van der Waals surface area contributed by atoms with Crippen LogP contribution in [0.1, 0.15) is 28.2 Å². The molecule has 3 rings (SSSR count). The predicted octanol–water partition coefficient (Wildman–Crippen LogP) is 2.32. The molecule has 7 heteroatoms. The molecule has 2 aromatic rings. The summed E-state index contributed by atoms with van der Waals surface area (Å²) < 4.78 is 2.80. The summed E-state index contributed by atoms with van der Waals surface area (Å²) in [5, 5.41) is 13.2. The SMILES string of the molecule is O=C(O)CCc1cc2n(n1)CCN(C(=O)c1ccc(Br)cc1)C2. The Labute approximate surface area is 141 Å². The van der Waals surface area contributed by atoms with Crippen molar-refractivity contribution in [2.24, 2.45) is 0 Å². The van der Waals surface area contributed by atoms with Crippen LogP contribution in [0.4, 0.5) is 0 Å². The fraction of sp³-hybridized carbons (Fsp3) is 0.312. The van der Waals surface area contributed by atoms with Crippen molar-refractivity contribution < 1.29 is 14.7 Å². The Morgan fingerprint density at radius 2 is 1.96 bits per heavy atom. The number of hydrogen-bond donors (Lipinski definition) is 1. The minimum absolute atomic E-state index is 0.00274. The van der Waals surface area contributed by atoms with Gasteiger partial charge in [0.25, 0.3) is 5.91 Å². The Hall–Kier alpha value is -2.15. The third kappa shape index (κ3) is 3.61. The number of benzene rings is 1. The first-order chi connectivity index (χ1) is 11.0. The first kappa shape index (κ1) is 15.7. The highest BCUT2D eigenvalue weighted by Crippen LogP contribution is 2.18. The number of aliphatic carboxylic acids is 1. The van der Waals surface area contributed by atoms with Crippen molar-refractivity contribution in [2.75, 3.05) is 6.54 Å². The van der Waals surface area contributed by atoms with Gasteiger partial charge in [-0.1, -0.05) is 15.9 Å². The highest BCUT2D eigenvalue weighted by Gasteiger charge is 2.23. The fourth-order valence-electron chi connectivity index (χ4n) is 2.63. The normalized spacial score (nSPS) is 13.7. The van der Waals surface area contributed by atoms with Gasteiger partial charge < -0.3 is 10.0 Å². The molecule has 0 bridgehead atoms. The van der Waals surface area contributed by atoms with E-state index in [1.54, 1.807) is 17.0 Å². The van der Waals surface area contributed by atoms with Crippen LogP contribution < -0.4 is 0 Å². The number of carboxylic acids is 1. The lowest BCUT2D eigenvalue weighted by atomic mass is 10.1. The Morgan fingerprint density at radius 1 is 1.22 bits per heavy atom. The molecular formula is C16H16BrN3O3. The molecule has 1 N–H and O–H groups in total. The van der Waals surface area contributed by atoms with Gasteiger partial charge in [0.2, 0.25) is 0 Å². The fourth-order valence-corrected chi connectivity index (χ4v) is 2.90. The van der Waals surface area contributed by atoms with Gasteiger partial charge in [-0.25, -0.2) is 0 Å². The number of halogens is 1. The lowest BCUT2D eigenvalue weighted by Crippen LogP contribution is -2.38. The smallest absolute Gasteiger partial charge is 0.303 e. The van der Waals surface area contributed by atoms with E-state index in [0.29, 0.717) is 31.6 Å². The second-order valence-electron chi connectivity index (χ2n) is 5.48. The second kappa shape index (κ2) is 6.54. The molecule has 0 saturated carbocycles. The standard InChI is InChI=1S/C16H16BrN3O3/c17-12-3-1-11(2-4-12)16(23)19-7-8-20-14(10-19)9-13(18-20)5-6-15(21)22/h1-4,9H,5-8,10H2,(H,21,22). The Balaban J connectivity index is 1.71. The highest BCUT2D eigenvalue weighted by atomic mass is 79.9. The summed E-state index contributed by atoms with van der Waals surface area (Å²) in [5.41, 5.74) is 2.37. The first-order valence-electron chi connectivity index (χ1n) is 7.35. The number of rotatable bonds is 4. The number of hydrogen-bond acceptors (Lipinski definition) is 3. The van der Waals surface area contributed by atoms with E-state index in [1.165, 1.54) is 0 Å². The third-order valence-corrected chi connectivity index (χ3v) is 4.35. The molecule has 1 aromatic carbocycles. The minimum Gasteiger partial charge on any atom is -0.481 e. The van der Waals surface area contributed by atoms with Gasteiger partial charge in [0, 0.05) is 23.0 Å². The van der Waals surface area contributed by atoms with E-state index in [-0.39, 0.29) is 12.3 Å². The molecule has 0 fully saturated rings. The van der Waals surface area contributed by atoms with E-state index in [0.717, 1.165) is 15.9 Å². The van der Waals surface area contributed by atoms with Crippen molar-refractivity contribution >= 4 is 27.8 Å². The maximum atomic E-state index is 12.5. The number of aromatic nitrogens is 2. The lowest BCUT2D eigenvalue weighted by Gasteiger charge is -2.27. The van der Waals surface area contributed by atoms with Crippen LogP contribution in [0, 0.1) is 0 Å². The zero-order chi connectivity index (χ0) is 16.4. The molecule has 120 valence electrons. The molecule has 2 heterocycles. The molecular weight excluding hydrogens is 362 g/mol. The molecule has 0 radical (unpaired) electrons. The van der Waals surface area contributed by atoms with Crippen LogP contribution in [0.2, 0.25) is 0 Å². The van der Waals surface area contributed by atoms with Gasteiger partial charge in [-0.15, -0.1) is 0 Å². The van der Waals surface area contributed by atoms with Crippen molar-refractivity contribution in [1.82, 2.24) is 14.7 Å². The van der Waals surface area contributed by atoms with Crippen LogP contribution in [0.3, 0.4) is 0 Å². The summed E-state index contributed by atoms with van der Waals surface area (Å²) in [6, 6.07) is 9.20. The number of amides is 1. The molecule has 1 aromatic heterocycles. The van der Waals surface area contributed by atoms with E-state index in [4.69, 9.17) is 5.11 Å². The zero-order valence-electron chi connectivity index (χ0n) is 12.4. The van der Waals surface area contributed by atoms with Crippen LogP contribution in [0.15, 0.2) is 34.8 Å². The van der Waals surface area contributed by atoms with Crippen LogP contribution >= 0.6 is 15.9 Å². The number of nitrogens with zero attached hydrogens (tertiary/aromatic N) is 3. The molecule has 0 saturated heterocycles. The Bertz CT molecular complexity index is 740. The van der Waals surface area contributed by atoms with Crippen molar-refractivity contribution in [3.63, 3.8) is 0 Å². The van der Waals surface area contributed by atoms with Gasteiger partial charge in [0.15, 0.2) is 0 Å². The van der Waals surface area contributed by atoms with E-state index in [9.17, 15) is 9.59 Å². The number of aryl methyl sites for hydroxylation is 1. The average Bonchev–Trinajstić information content (AvgIpc) is 2.95. The number of carbonyl (C=O) groups excluding carboxylic acids is 1. The number of fused-ring (bicyclic) bond motifs is 1. The summed E-state index contributed by atoms with van der Waals surface area (Å²) in [4.78, 5) is 25.0. The summed E-state index contributed by atoms with van der Waals surface area (Å²) in [6.45, 7) is 1.72. The largest absolute Gasteiger partial charge is 0.481 e. The van der Waals surface area contributed by atoms with E-state index in [2.05, 4.69) is 21.0 Å². The van der Waals surface area contributed by atoms with Gasteiger partial charge >= 0.3 is 5.97 Å². The van der Waals surface area contributed by atoms with Crippen molar-refractivity contribution in [1.29, 1.82) is 0 Å². The van der Waals surface area contributed by atoms with E-state index in [1.807, 2.05) is 22.9 Å². The summed E-state index contributed by atoms with van der Waals surface area (Å²) >= 11 is 3.36. The lowest BCUT2D eigenvalue weighted by molar-refractivity contribution is -0.136. The van der Waals surface area contributed by atoms with E-state index < -0.39 is 5.97 Å². The molecule has 0 atom stereocenters. The maximum Gasteiger partial charge on any atom is 0.303 e. The van der Waals surface area contributed by atoms with Crippen LogP contribution in [-0.2, 0) is 24.3 Å². The van der Waals surface area contributed by atoms with Crippen LogP contribution in [0.5, 0.6) is 0 Å². The van der Waals surface area contributed by atoms with Gasteiger partial charge in [-0.05, 0) is 30.3 Å². The van der Waals surface area contributed by atoms with Crippen molar-refractivity contribution in [3.8, 4) is 0 Å². The summed E-state index contributed by atoms with van der Waals surface area (Å²) in [5.74, 6) is -0.833. The van der Waals surface area contributed by atoms with Gasteiger partial charge in [0.1, 0.15) is 0 Å². The predicted molar refractivity (Wildman–Crippen MR) is 87.1 cm³/mol. The first-order valence-corrected chi connectivity index (χ1v) is 8.14. The topological polar surface area (TPSA) is 75.4 Å². The van der Waals surface area contributed by atoms with Crippen molar-refractivity contribution in [2.45, 2.75) is 25.9 Å². The summed E-state index contributed by atoms with van der Waals surface area (Å²) in [7, 11) is 0.